The summed E-state index contributed by atoms with van der Waals surface area (Å²) in [6.45, 7) is -0.625. The van der Waals surface area contributed by atoms with Crippen molar-refractivity contribution in [3.8, 4) is 0 Å². The molecule has 3 heteroatoms. The zero-order valence-corrected chi connectivity index (χ0v) is 6.45. The Balaban J connectivity index is 2.14. The zero-order chi connectivity index (χ0) is 8.32. The third-order valence-corrected chi connectivity index (χ3v) is 1.96. The van der Waals surface area contributed by atoms with Gasteiger partial charge in [-0.15, -0.1) is 0 Å². The van der Waals surface area contributed by atoms with Crippen LogP contribution >= 0.6 is 0 Å². The summed E-state index contributed by atoms with van der Waals surface area (Å²) in [5, 5.41) is 0. The molecule has 0 amide bonds. The SMILES string of the molecule is FCCCC(F)(F)CC1CC1. The standard InChI is InChI=1S/C8H13F3/c9-5-1-4-8(10,11)6-7-2-3-7/h7H,1-6H2. The number of rotatable bonds is 5. The van der Waals surface area contributed by atoms with E-state index in [1.54, 1.807) is 0 Å². The van der Waals surface area contributed by atoms with Crippen molar-refractivity contribution in [1.29, 1.82) is 0 Å². The highest BCUT2D eigenvalue weighted by molar-refractivity contribution is 4.80. The van der Waals surface area contributed by atoms with E-state index < -0.39 is 12.6 Å². The monoisotopic (exact) mass is 166 g/mol. The molecule has 1 rings (SSSR count). The minimum Gasteiger partial charge on any atom is -0.251 e. The number of halogens is 3. The van der Waals surface area contributed by atoms with Gasteiger partial charge in [-0.1, -0.05) is 0 Å². The molecule has 0 heterocycles. The predicted octanol–water partition coefficient (Wildman–Crippen LogP) is 3.17. The lowest BCUT2D eigenvalue weighted by Gasteiger charge is -2.14. The lowest BCUT2D eigenvalue weighted by atomic mass is 10.1. The van der Waals surface area contributed by atoms with Crippen molar-refractivity contribution in [1.82, 2.24) is 0 Å². The first-order valence-electron chi connectivity index (χ1n) is 4.08. The first kappa shape index (κ1) is 8.88. The number of alkyl halides is 3. The van der Waals surface area contributed by atoms with Gasteiger partial charge >= 0.3 is 0 Å². The Hall–Kier alpha value is -0.210. The Kier molecular flexibility index (Phi) is 2.79. The van der Waals surface area contributed by atoms with Crippen LogP contribution in [0.2, 0.25) is 0 Å². The second-order valence-electron chi connectivity index (χ2n) is 3.30. The highest BCUT2D eigenvalue weighted by atomic mass is 19.3. The van der Waals surface area contributed by atoms with Gasteiger partial charge in [0.25, 0.3) is 0 Å². The van der Waals surface area contributed by atoms with Crippen LogP contribution < -0.4 is 0 Å². The van der Waals surface area contributed by atoms with Crippen molar-refractivity contribution < 1.29 is 13.2 Å². The molecule has 1 aliphatic rings. The van der Waals surface area contributed by atoms with E-state index in [4.69, 9.17) is 0 Å². The molecule has 0 aliphatic heterocycles. The van der Waals surface area contributed by atoms with E-state index >= 15 is 0 Å². The first-order valence-corrected chi connectivity index (χ1v) is 4.08. The molecular weight excluding hydrogens is 153 g/mol. The maximum Gasteiger partial charge on any atom is 0.248 e. The van der Waals surface area contributed by atoms with Crippen molar-refractivity contribution in [2.75, 3.05) is 6.67 Å². The Labute approximate surface area is 64.8 Å². The highest BCUT2D eigenvalue weighted by Crippen LogP contribution is 2.40. The molecular formula is C8H13F3. The van der Waals surface area contributed by atoms with Gasteiger partial charge < -0.3 is 0 Å². The van der Waals surface area contributed by atoms with Crippen LogP contribution in [0.3, 0.4) is 0 Å². The molecule has 0 unspecified atom stereocenters. The second-order valence-corrected chi connectivity index (χ2v) is 3.30. The van der Waals surface area contributed by atoms with Crippen LogP contribution in [-0.2, 0) is 0 Å². The van der Waals surface area contributed by atoms with Crippen LogP contribution in [0.15, 0.2) is 0 Å². The van der Waals surface area contributed by atoms with Gasteiger partial charge in [-0.2, -0.15) is 0 Å². The molecule has 0 nitrogen and oxygen atoms in total. The van der Waals surface area contributed by atoms with E-state index in [9.17, 15) is 13.2 Å². The van der Waals surface area contributed by atoms with Crippen molar-refractivity contribution in [2.45, 2.75) is 38.0 Å². The van der Waals surface area contributed by atoms with Crippen LogP contribution in [0.25, 0.3) is 0 Å². The van der Waals surface area contributed by atoms with Crippen molar-refractivity contribution in [3.63, 3.8) is 0 Å². The molecule has 66 valence electrons. The minimum atomic E-state index is -2.60. The lowest BCUT2D eigenvalue weighted by molar-refractivity contribution is -0.0242. The average molecular weight is 166 g/mol. The molecule has 0 saturated heterocycles. The molecule has 1 fully saturated rings. The van der Waals surface area contributed by atoms with Crippen LogP contribution in [-0.4, -0.2) is 12.6 Å². The summed E-state index contributed by atoms with van der Waals surface area (Å²) in [5.74, 6) is -2.38. The molecule has 0 aromatic carbocycles. The summed E-state index contributed by atoms with van der Waals surface area (Å²) in [6, 6.07) is 0. The van der Waals surface area contributed by atoms with Gasteiger partial charge in [0, 0.05) is 12.8 Å². The largest absolute Gasteiger partial charge is 0.251 e. The molecule has 1 saturated carbocycles. The number of hydrogen-bond acceptors (Lipinski definition) is 0. The van der Waals surface area contributed by atoms with Gasteiger partial charge in [0.15, 0.2) is 0 Å². The van der Waals surface area contributed by atoms with Gasteiger partial charge in [0.2, 0.25) is 5.92 Å². The fraction of sp³-hybridized carbons (Fsp3) is 1.00. The van der Waals surface area contributed by atoms with Gasteiger partial charge in [-0.05, 0) is 25.2 Å². The Morgan fingerprint density at radius 1 is 1.27 bits per heavy atom. The summed E-state index contributed by atoms with van der Waals surface area (Å²) in [6.07, 6.45) is 1.57. The first-order chi connectivity index (χ1) is 5.14. The van der Waals surface area contributed by atoms with E-state index in [1.165, 1.54) is 0 Å². The zero-order valence-electron chi connectivity index (χ0n) is 6.45. The van der Waals surface area contributed by atoms with Crippen molar-refractivity contribution in [2.24, 2.45) is 5.92 Å². The summed E-state index contributed by atoms with van der Waals surface area (Å²) >= 11 is 0. The van der Waals surface area contributed by atoms with Gasteiger partial charge in [0.1, 0.15) is 0 Å². The van der Waals surface area contributed by atoms with Crippen molar-refractivity contribution >= 4 is 0 Å². The maximum atomic E-state index is 12.7. The van der Waals surface area contributed by atoms with Crippen LogP contribution in [0.4, 0.5) is 13.2 Å². The minimum absolute atomic E-state index is 0.000278. The highest BCUT2D eigenvalue weighted by Gasteiger charge is 2.36. The third kappa shape index (κ3) is 3.63. The van der Waals surface area contributed by atoms with Gasteiger partial charge in [0.05, 0.1) is 6.67 Å². The maximum absolute atomic E-state index is 12.7. The lowest BCUT2D eigenvalue weighted by Crippen LogP contribution is -2.16. The smallest absolute Gasteiger partial charge is 0.248 e. The Morgan fingerprint density at radius 2 is 1.91 bits per heavy atom. The van der Waals surface area contributed by atoms with Gasteiger partial charge in [-0.3, -0.25) is 4.39 Å². The topological polar surface area (TPSA) is 0 Å². The average Bonchev–Trinajstić information content (AvgIpc) is 2.67. The third-order valence-electron chi connectivity index (χ3n) is 1.96. The van der Waals surface area contributed by atoms with E-state index in [1.807, 2.05) is 0 Å². The predicted molar refractivity (Wildman–Crippen MR) is 37.5 cm³/mol. The van der Waals surface area contributed by atoms with Crippen LogP contribution in [0.5, 0.6) is 0 Å². The molecule has 0 bridgehead atoms. The molecule has 0 radical (unpaired) electrons. The fourth-order valence-corrected chi connectivity index (χ4v) is 1.17. The molecule has 0 N–H and O–H groups in total. The molecule has 1 aliphatic carbocycles. The molecule has 0 atom stereocenters. The fourth-order valence-electron chi connectivity index (χ4n) is 1.17. The second kappa shape index (κ2) is 3.46. The van der Waals surface area contributed by atoms with E-state index in [2.05, 4.69) is 0 Å². The molecule has 0 aromatic heterocycles. The molecule has 11 heavy (non-hydrogen) atoms. The van der Waals surface area contributed by atoms with Crippen LogP contribution in [0, 0.1) is 5.92 Å². The van der Waals surface area contributed by atoms with Gasteiger partial charge in [-0.25, -0.2) is 8.78 Å². The summed E-state index contributed by atoms with van der Waals surface area (Å²) < 4.78 is 37.0. The van der Waals surface area contributed by atoms with E-state index in [-0.39, 0.29) is 25.2 Å². The Bertz CT molecular complexity index is 119. The molecule has 0 aromatic rings. The summed E-state index contributed by atoms with van der Waals surface area (Å²) in [5.41, 5.74) is 0. The summed E-state index contributed by atoms with van der Waals surface area (Å²) in [4.78, 5) is 0. The van der Waals surface area contributed by atoms with Crippen LogP contribution in [0.1, 0.15) is 32.1 Å². The van der Waals surface area contributed by atoms with E-state index in [0.29, 0.717) is 0 Å². The summed E-state index contributed by atoms with van der Waals surface area (Å²) in [7, 11) is 0. The quantitative estimate of drug-likeness (QED) is 0.588. The Morgan fingerprint density at radius 3 is 2.36 bits per heavy atom. The normalized spacial score (nSPS) is 18.8. The van der Waals surface area contributed by atoms with Crippen molar-refractivity contribution in [3.05, 3.63) is 0 Å². The van der Waals surface area contributed by atoms with E-state index in [0.717, 1.165) is 12.8 Å². The number of hydrogen-bond donors (Lipinski definition) is 0. The molecule has 0 spiro atoms.